The van der Waals surface area contributed by atoms with Crippen molar-refractivity contribution >= 4 is 17.7 Å². The number of rotatable bonds is 9. The minimum atomic E-state index is -1.22. The molecule has 194 valence electrons. The van der Waals surface area contributed by atoms with E-state index in [-0.39, 0.29) is 30.2 Å². The molecule has 0 aliphatic carbocycles. The van der Waals surface area contributed by atoms with Gasteiger partial charge >= 0.3 is 0 Å². The van der Waals surface area contributed by atoms with E-state index in [1.807, 2.05) is 45.1 Å². The van der Waals surface area contributed by atoms with E-state index < -0.39 is 35.6 Å². The summed E-state index contributed by atoms with van der Waals surface area (Å²) < 4.78 is 6.66. The molecule has 0 aromatic rings. The van der Waals surface area contributed by atoms with Gasteiger partial charge in [0.05, 0.1) is 30.6 Å². The first-order chi connectivity index (χ1) is 16.9. The molecule has 0 aromatic carbocycles. The fourth-order valence-corrected chi connectivity index (χ4v) is 6.37. The molecule has 4 aliphatic heterocycles. The van der Waals surface area contributed by atoms with Crippen LogP contribution in [0.5, 0.6) is 0 Å². The van der Waals surface area contributed by atoms with Gasteiger partial charge < -0.3 is 24.5 Å². The maximum absolute atomic E-state index is 14.3. The monoisotopic (exact) mass is 487 g/mol. The Morgan fingerprint density at radius 1 is 1.03 bits per heavy atom. The van der Waals surface area contributed by atoms with E-state index in [2.05, 4.69) is 6.92 Å². The molecule has 4 heterocycles. The predicted molar refractivity (Wildman–Crippen MR) is 132 cm³/mol. The summed E-state index contributed by atoms with van der Waals surface area (Å²) in [5.41, 5.74) is -1.22. The van der Waals surface area contributed by atoms with Crippen LogP contribution in [0.2, 0.25) is 0 Å². The molecule has 0 aromatic heterocycles. The molecule has 2 saturated heterocycles. The lowest BCUT2D eigenvalue weighted by Gasteiger charge is -2.40. The van der Waals surface area contributed by atoms with Crippen molar-refractivity contribution in [1.82, 2.24) is 14.7 Å². The van der Waals surface area contributed by atoms with Crippen LogP contribution in [-0.2, 0) is 19.1 Å². The van der Waals surface area contributed by atoms with E-state index in [4.69, 9.17) is 4.74 Å². The van der Waals surface area contributed by atoms with Crippen LogP contribution in [0.1, 0.15) is 53.4 Å². The summed E-state index contributed by atoms with van der Waals surface area (Å²) in [7, 11) is 0. The minimum Gasteiger partial charge on any atom is -0.394 e. The number of ether oxygens (including phenoxy) is 1. The number of hydrogen-bond donors (Lipinski definition) is 1. The molecule has 1 N–H and O–H groups in total. The number of unbranched alkanes of at least 4 members (excludes halogenated alkanes) is 1. The third kappa shape index (κ3) is 4.12. The van der Waals surface area contributed by atoms with Gasteiger partial charge in [-0.05, 0) is 18.8 Å². The van der Waals surface area contributed by atoms with Crippen LogP contribution < -0.4 is 0 Å². The topological polar surface area (TPSA) is 90.4 Å². The average molecular weight is 488 g/mol. The molecule has 3 amide bonds. The second-order valence-corrected chi connectivity index (χ2v) is 10.5. The summed E-state index contributed by atoms with van der Waals surface area (Å²) >= 11 is 0. The minimum absolute atomic E-state index is 0.0129. The summed E-state index contributed by atoms with van der Waals surface area (Å²) in [6, 6.07) is -1.41. The van der Waals surface area contributed by atoms with E-state index >= 15 is 0 Å². The first-order valence-corrected chi connectivity index (χ1v) is 13.4. The number of nitrogens with zero attached hydrogens (tertiary/aromatic N) is 3. The molecule has 0 saturated carbocycles. The molecule has 4 rings (SSSR count). The summed E-state index contributed by atoms with van der Waals surface area (Å²) in [5, 5.41) is 10.4. The number of aliphatic hydroxyl groups is 1. The molecule has 7 atom stereocenters. The van der Waals surface area contributed by atoms with Gasteiger partial charge in [-0.2, -0.15) is 0 Å². The number of fused-ring (bicyclic) bond motifs is 2. The van der Waals surface area contributed by atoms with Gasteiger partial charge in [-0.1, -0.05) is 64.8 Å². The summed E-state index contributed by atoms with van der Waals surface area (Å²) in [6.45, 7) is 10.0. The normalized spacial score (nSPS) is 34.0. The van der Waals surface area contributed by atoms with Gasteiger partial charge in [-0.15, -0.1) is 0 Å². The van der Waals surface area contributed by atoms with Crippen molar-refractivity contribution in [1.29, 1.82) is 0 Å². The van der Waals surface area contributed by atoms with Gasteiger partial charge in [0.1, 0.15) is 11.6 Å². The zero-order chi connectivity index (χ0) is 25.3. The smallest absolute Gasteiger partial charge is 0.249 e. The van der Waals surface area contributed by atoms with Crippen molar-refractivity contribution in [2.75, 3.05) is 32.8 Å². The third-order valence-electron chi connectivity index (χ3n) is 8.38. The van der Waals surface area contributed by atoms with E-state index in [1.54, 1.807) is 14.7 Å². The molecule has 8 heteroatoms. The van der Waals surface area contributed by atoms with Crippen LogP contribution in [0.4, 0.5) is 0 Å². The highest BCUT2D eigenvalue weighted by Crippen LogP contribution is 2.54. The zero-order valence-corrected chi connectivity index (χ0v) is 21.6. The highest BCUT2D eigenvalue weighted by molar-refractivity contribution is 6.00. The van der Waals surface area contributed by atoms with Gasteiger partial charge in [-0.3, -0.25) is 14.4 Å². The molecule has 4 aliphatic rings. The molecule has 1 unspecified atom stereocenters. The van der Waals surface area contributed by atoms with Crippen LogP contribution in [0.15, 0.2) is 24.3 Å². The lowest BCUT2D eigenvalue weighted by atomic mass is 9.77. The SMILES string of the molecule is CCCCN1CC=C[C@]23O[C@H]4C=CCN(CCC)C(=O)[C@H]4[C@H]2C(=O)N([C@@H](CO)[C@@H](C)CC)C3C1=O. The molecule has 8 nitrogen and oxygen atoms in total. The largest absolute Gasteiger partial charge is 0.394 e. The Labute approximate surface area is 208 Å². The van der Waals surface area contributed by atoms with Gasteiger partial charge in [0, 0.05) is 26.2 Å². The highest BCUT2D eigenvalue weighted by Gasteiger charge is 2.72. The second-order valence-electron chi connectivity index (χ2n) is 10.5. The Morgan fingerprint density at radius 2 is 1.74 bits per heavy atom. The van der Waals surface area contributed by atoms with E-state index in [0.29, 0.717) is 26.2 Å². The second kappa shape index (κ2) is 10.4. The van der Waals surface area contributed by atoms with Gasteiger partial charge in [0.15, 0.2) is 0 Å². The Morgan fingerprint density at radius 3 is 2.40 bits per heavy atom. The van der Waals surface area contributed by atoms with Crippen molar-refractivity contribution in [3.05, 3.63) is 24.3 Å². The Hall–Kier alpha value is -2.19. The maximum atomic E-state index is 14.3. The van der Waals surface area contributed by atoms with Crippen molar-refractivity contribution in [2.45, 2.75) is 77.2 Å². The number of carbonyl (C=O) groups is 3. The van der Waals surface area contributed by atoms with Crippen LogP contribution in [-0.4, -0.2) is 94.1 Å². The van der Waals surface area contributed by atoms with E-state index in [9.17, 15) is 19.5 Å². The van der Waals surface area contributed by atoms with Crippen LogP contribution in [0, 0.1) is 17.8 Å². The number of aliphatic hydroxyl groups excluding tert-OH is 1. The standard InChI is InChI=1S/C27H41N3O5/c1-5-8-14-29-16-10-12-27-22(21-20(35-27)11-9-15-28(13-6-2)24(21)32)25(33)30(23(27)26(29)34)19(17-31)18(4)7-3/h9-12,18-23,31H,5-8,13-17H2,1-4H3/t18-,19-,20-,21+,22-,23?,27-/m0/s1. The molecule has 0 radical (unpaired) electrons. The Balaban J connectivity index is 1.83. The number of carbonyl (C=O) groups excluding carboxylic acids is 3. The van der Waals surface area contributed by atoms with Crippen molar-refractivity contribution < 1.29 is 24.2 Å². The summed E-state index contributed by atoms with van der Waals surface area (Å²) in [5.74, 6) is -1.99. The highest BCUT2D eigenvalue weighted by atomic mass is 16.5. The average Bonchev–Trinajstić information content (AvgIpc) is 3.17. The lowest BCUT2D eigenvalue weighted by molar-refractivity contribution is -0.152. The maximum Gasteiger partial charge on any atom is 0.249 e. The fraction of sp³-hybridized carbons (Fsp3) is 0.741. The fourth-order valence-electron chi connectivity index (χ4n) is 6.37. The zero-order valence-electron chi connectivity index (χ0n) is 21.6. The van der Waals surface area contributed by atoms with Crippen molar-refractivity contribution in [3.63, 3.8) is 0 Å². The number of hydrogen-bond acceptors (Lipinski definition) is 5. The molecule has 0 bridgehead atoms. The lowest BCUT2D eigenvalue weighted by Crippen LogP contribution is -2.59. The Kier molecular flexibility index (Phi) is 7.71. The predicted octanol–water partition coefficient (Wildman–Crippen LogP) is 1.98. The first-order valence-electron chi connectivity index (χ1n) is 13.4. The molecule has 1 spiro atoms. The number of likely N-dealkylation sites (tertiary alicyclic amines) is 1. The van der Waals surface area contributed by atoms with Crippen molar-refractivity contribution in [2.24, 2.45) is 17.8 Å². The summed E-state index contributed by atoms with van der Waals surface area (Å²) in [4.78, 5) is 47.3. The first kappa shape index (κ1) is 25.9. The summed E-state index contributed by atoms with van der Waals surface area (Å²) in [6.07, 6.45) is 10.5. The quantitative estimate of drug-likeness (QED) is 0.503. The van der Waals surface area contributed by atoms with E-state index in [1.165, 1.54) is 0 Å². The van der Waals surface area contributed by atoms with Crippen LogP contribution in [0.3, 0.4) is 0 Å². The van der Waals surface area contributed by atoms with Crippen molar-refractivity contribution in [3.8, 4) is 0 Å². The molecule has 35 heavy (non-hydrogen) atoms. The third-order valence-corrected chi connectivity index (χ3v) is 8.38. The van der Waals surface area contributed by atoms with Gasteiger partial charge in [-0.25, -0.2) is 0 Å². The molecule has 2 fully saturated rings. The molecular weight excluding hydrogens is 446 g/mol. The molecular formula is C27H41N3O5. The Bertz CT molecular complexity index is 888. The van der Waals surface area contributed by atoms with E-state index in [0.717, 1.165) is 25.7 Å². The van der Waals surface area contributed by atoms with Gasteiger partial charge in [0.25, 0.3) is 0 Å². The van der Waals surface area contributed by atoms with Gasteiger partial charge in [0.2, 0.25) is 17.7 Å². The number of amides is 3. The van der Waals surface area contributed by atoms with Crippen LogP contribution in [0.25, 0.3) is 0 Å². The van der Waals surface area contributed by atoms with Crippen LogP contribution >= 0.6 is 0 Å².